The molecular formula is C97H115N17O30S. The Morgan fingerprint density at radius 3 is 1.27 bits per heavy atom. The van der Waals surface area contributed by atoms with Gasteiger partial charge in [-0.05, 0) is 142 Å². The fourth-order valence-electron chi connectivity index (χ4n) is 15.3. The van der Waals surface area contributed by atoms with Crippen molar-refractivity contribution in [3.8, 4) is 28.2 Å². The van der Waals surface area contributed by atoms with Crippen molar-refractivity contribution in [1.29, 1.82) is 0 Å². The van der Waals surface area contributed by atoms with Crippen molar-refractivity contribution < 1.29 is 141 Å². The fourth-order valence-corrected chi connectivity index (χ4v) is 15.5. The highest BCUT2D eigenvalue weighted by Crippen LogP contribution is 2.43. The highest BCUT2D eigenvalue weighted by molar-refractivity contribution is 7.80. The fraction of sp³-hybridized carbons (Fsp3) is 0.381. The number of carboxylic acid groups (broad SMARTS) is 6. The second kappa shape index (κ2) is 53.2. The molecule has 2 aliphatic rings. The highest BCUT2D eigenvalue weighted by atomic mass is 32.1. The zero-order chi connectivity index (χ0) is 107. The Morgan fingerprint density at radius 1 is 0.386 bits per heavy atom. The molecule has 47 nitrogen and oxygen atoms in total. The van der Waals surface area contributed by atoms with Gasteiger partial charge in [0.15, 0.2) is 10.5 Å². The van der Waals surface area contributed by atoms with Crippen molar-refractivity contribution >= 4 is 163 Å². The van der Waals surface area contributed by atoms with E-state index < -0.39 is 290 Å². The van der Waals surface area contributed by atoms with Crippen molar-refractivity contribution in [2.75, 3.05) is 5.32 Å². The number of para-hydroxylation sites is 1. The molecule has 48 heteroatoms. The number of aliphatic hydroxyl groups excluding tert-OH is 1. The molecule has 0 bridgehead atoms. The number of nitrogens with two attached hydrogens (primary N) is 1. The number of anilines is 1. The van der Waals surface area contributed by atoms with Crippen molar-refractivity contribution in [2.45, 2.75) is 223 Å². The number of aromatic carboxylic acids is 1. The quantitative estimate of drug-likeness (QED) is 0.0180. The molecule has 0 unspecified atom stereocenters. The van der Waals surface area contributed by atoms with Crippen molar-refractivity contribution in [3.05, 3.63) is 178 Å². The molecule has 0 spiro atoms. The maximum absolute atomic E-state index is 15.1. The summed E-state index contributed by atoms with van der Waals surface area (Å²) in [4.78, 5) is 289. The van der Waals surface area contributed by atoms with Crippen LogP contribution in [0.25, 0.3) is 44.3 Å². The number of H-pyrrole nitrogens is 1. The summed E-state index contributed by atoms with van der Waals surface area (Å²) in [5.41, 5.74) is 7.21. The number of phenols is 1. The molecule has 0 fully saturated rings. The standard InChI is InChI=1S/C97H115N17O30S/c1-45(2)33-65(87(133)100-47(5)82(98)128)106-83(129)48(6)101-88(134)67(35-51-17-11-9-12-18-51)109-90(136)69(37-53-44-99-62-22-16-15-21-57(53)62)111-86(132)64(30-32-76(120)121)104-85(131)63(29-31-75(118)119)105-89(135)66(34-46(3)4)108-92(138)71(42-78(124)125)112-91(137)70(41-77(122)123)107-84(130)49(7)102-95(141)81(50(8)115)114-94(140)68(36-52-19-13-10-14-20-52)110-93(139)72(43-79(126)127)113-97(145)103-54-23-26-58(61(38-54)96(142)143)80-59-27-24-55(116)39-73(59)144-74-40-56(117)25-28-60(74)80/h9-28,38-40,44-50,63-72,81,99,115-116H,29-37,41-43H2,1-8H3,(H2,98,128)(H,100,133)(H,101,134)(H,102,141)(H,104,131)(H,105,135)(H,106,129)(H,107,130)(H,108,138)(H,109,136)(H,110,139)(H,111,132)(H,112,137)(H,114,140)(H,118,119)(H,120,121)(H,122,123)(H,124,125)(H,126,127)(H,142,143)(H2,103,113,145)/t47-,48-,49-,50+,63-,64-,65-,66-,67-,68-,69-,70-,71-,72-,81-/m0/s1. The van der Waals surface area contributed by atoms with Crippen molar-refractivity contribution in [2.24, 2.45) is 17.6 Å². The zero-order valence-corrected chi connectivity index (χ0v) is 80.5. The molecule has 0 radical (unpaired) electrons. The van der Waals surface area contributed by atoms with E-state index in [2.05, 4.69) is 79.4 Å². The molecule has 15 atom stereocenters. The molecule has 5 aromatic carbocycles. The molecule has 1 aliphatic carbocycles. The molecule has 2 heterocycles. The number of rotatable bonds is 54. The largest absolute Gasteiger partial charge is 0.508 e. The van der Waals surface area contributed by atoms with E-state index in [4.69, 9.17) is 22.4 Å². The molecule has 26 N–H and O–H groups in total. The molecule has 0 saturated carbocycles. The number of amides is 14. The number of aromatic nitrogens is 1. The SMILES string of the molecule is CC(C)C[C@H](NC(=O)[C@H](C)NC(=O)[C@H](Cc1ccccc1)NC(=O)[C@H](Cc1c[nH]c2ccccc12)NC(=O)[C@H](CCC(=O)O)NC(=O)[C@H](CCC(=O)O)NC(=O)[C@H](CC(C)C)NC(=O)[C@H](CC(=O)O)NC(=O)[C@H](CC(=O)O)NC(=O)[C@H](C)NC(=O)[C@@H](NC(=O)[C@H](Cc1ccccc1)NC(=O)[C@H](CC(=O)O)NC(=S)Nc1ccc(-c2c3ccc(=O)cc-3oc3cc(O)ccc23)c(C(=O)O)c1)[C@@H](C)O)C(=O)N[C@@H](C)C(N)=O. The summed E-state index contributed by atoms with van der Waals surface area (Å²) >= 11 is 5.50. The molecular weight excluding hydrogens is 1920 g/mol. The van der Waals surface area contributed by atoms with E-state index in [0.717, 1.165) is 19.9 Å². The van der Waals surface area contributed by atoms with Crippen LogP contribution in [0.4, 0.5) is 5.69 Å². The van der Waals surface area contributed by atoms with Gasteiger partial charge in [0.25, 0.3) is 0 Å². The summed E-state index contributed by atoms with van der Waals surface area (Å²) < 4.78 is 5.91. The second-order valence-electron chi connectivity index (χ2n) is 35.3. The average Bonchev–Trinajstić information content (AvgIpc) is 0.775. The summed E-state index contributed by atoms with van der Waals surface area (Å²) in [7, 11) is 0. The minimum Gasteiger partial charge on any atom is -0.508 e. The number of carboxylic acids is 6. The van der Waals surface area contributed by atoms with Crippen LogP contribution in [0, 0.1) is 11.8 Å². The summed E-state index contributed by atoms with van der Waals surface area (Å²) in [6.07, 6.45) is -8.75. The number of fused-ring (bicyclic) bond motifs is 3. The van der Waals surface area contributed by atoms with E-state index in [1.807, 2.05) is 5.32 Å². The van der Waals surface area contributed by atoms with Gasteiger partial charge in [0.05, 0.1) is 30.9 Å². The number of nitrogens with one attached hydrogen (secondary N) is 16. The van der Waals surface area contributed by atoms with Gasteiger partial charge in [-0.3, -0.25) is 95.9 Å². The molecule has 14 amide bonds. The molecule has 774 valence electrons. The molecule has 0 saturated heterocycles. The Labute approximate surface area is 832 Å². The van der Waals surface area contributed by atoms with Gasteiger partial charge in [-0.1, -0.05) is 113 Å². The smallest absolute Gasteiger partial charge is 0.336 e. The number of aromatic amines is 1. The number of phenolic OH excluding ortho intramolecular Hbond substituents is 1. The first-order chi connectivity index (χ1) is 68.4. The van der Waals surface area contributed by atoms with Gasteiger partial charge >= 0.3 is 35.8 Å². The van der Waals surface area contributed by atoms with E-state index in [1.54, 1.807) is 86.6 Å². The second-order valence-corrected chi connectivity index (χ2v) is 35.7. The Bertz CT molecular complexity index is 6190. The van der Waals surface area contributed by atoms with Gasteiger partial charge in [-0.25, -0.2) is 4.79 Å². The van der Waals surface area contributed by atoms with Crippen LogP contribution in [-0.2, 0) is 110 Å². The van der Waals surface area contributed by atoms with Crippen molar-refractivity contribution in [1.82, 2.24) is 79.4 Å². The Hall–Kier alpha value is -16.8. The number of aliphatic hydroxyl groups is 1. The number of benzene rings is 6. The first-order valence-electron chi connectivity index (χ1n) is 45.7. The van der Waals surface area contributed by atoms with Gasteiger partial charge in [-0.15, -0.1) is 0 Å². The van der Waals surface area contributed by atoms with Crippen LogP contribution in [0.15, 0.2) is 155 Å². The maximum atomic E-state index is 15.1. The lowest BCUT2D eigenvalue weighted by Gasteiger charge is -2.28. The summed E-state index contributed by atoms with van der Waals surface area (Å²) in [5.74, 6) is -27.2. The van der Waals surface area contributed by atoms with Crippen LogP contribution in [0.1, 0.15) is 140 Å². The Kier molecular flexibility index (Phi) is 41.6. The molecule has 6 aromatic rings. The number of aromatic hydroxyl groups is 1. The van der Waals surface area contributed by atoms with E-state index in [9.17, 15) is 137 Å². The number of hydrogen-bond acceptors (Lipinski definition) is 25. The topological polar surface area (TPSA) is 756 Å². The minimum atomic E-state index is -2.28. The number of carbonyl (C=O) groups excluding carboxylic acids is 14. The van der Waals surface area contributed by atoms with E-state index in [-0.39, 0.29) is 52.7 Å². The van der Waals surface area contributed by atoms with Crippen LogP contribution in [0.3, 0.4) is 0 Å². The minimum absolute atomic E-state index is 0.0108. The lowest BCUT2D eigenvalue weighted by atomic mass is 9.90. The van der Waals surface area contributed by atoms with Gasteiger partial charge < -0.3 is 136 Å². The van der Waals surface area contributed by atoms with Gasteiger partial charge in [0.1, 0.15) is 102 Å². The van der Waals surface area contributed by atoms with E-state index >= 15 is 4.79 Å². The van der Waals surface area contributed by atoms with Crippen LogP contribution in [0.5, 0.6) is 5.75 Å². The maximum Gasteiger partial charge on any atom is 0.336 e. The third kappa shape index (κ3) is 34.5. The van der Waals surface area contributed by atoms with E-state index in [0.29, 0.717) is 44.1 Å². The third-order valence-corrected chi connectivity index (χ3v) is 22.9. The summed E-state index contributed by atoms with van der Waals surface area (Å²) in [5, 5.41) is 118. The number of hydrogen-bond donors (Lipinski definition) is 25. The third-order valence-electron chi connectivity index (χ3n) is 22.6. The van der Waals surface area contributed by atoms with Crippen molar-refractivity contribution in [3.63, 3.8) is 0 Å². The number of aliphatic carboxylic acids is 5. The van der Waals surface area contributed by atoms with Crippen LogP contribution in [0.2, 0.25) is 0 Å². The lowest BCUT2D eigenvalue weighted by molar-refractivity contribution is -0.143. The highest BCUT2D eigenvalue weighted by Gasteiger charge is 2.41. The normalized spacial score (nSPS) is 14.3. The Morgan fingerprint density at radius 2 is 0.786 bits per heavy atom. The number of carbonyl (C=O) groups is 20. The first-order valence-corrected chi connectivity index (χ1v) is 46.1. The first kappa shape index (κ1) is 113. The van der Waals surface area contributed by atoms with Crippen LogP contribution >= 0.6 is 12.2 Å². The Balaban J connectivity index is 0.953. The van der Waals surface area contributed by atoms with Gasteiger partial charge in [0.2, 0.25) is 82.7 Å². The lowest BCUT2D eigenvalue weighted by Crippen LogP contribution is -2.62. The number of primary amides is 1. The molecule has 1 aromatic heterocycles. The number of thiocarbonyl (C=S) groups is 1. The average molecular weight is 2030 g/mol. The zero-order valence-electron chi connectivity index (χ0n) is 79.7. The van der Waals surface area contributed by atoms with Crippen LogP contribution in [-0.4, -0.2) is 260 Å². The predicted octanol–water partition coefficient (Wildman–Crippen LogP) is 0.307. The summed E-state index contributed by atoms with van der Waals surface area (Å²) in [6.45, 7) is 11.2. The monoisotopic (exact) mass is 2030 g/mol. The van der Waals surface area contributed by atoms with Gasteiger partial charge in [-0.2, -0.15) is 0 Å². The van der Waals surface area contributed by atoms with Gasteiger partial charge in [0, 0.05) is 83.5 Å². The molecule has 145 heavy (non-hydrogen) atoms. The molecule has 1 aliphatic heterocycles. The summed E-state index contributed by atoms with van der Waals surface area (Å²) in [6, 6.07) is 9.66. The van der Waals surface area contributed by atoms with Crippen LogP contribution < -0.4 is 90.9 Å². The predicted molar refractivity (Wildman–Crippen MR) is 521 cm³/mol. The molecule has 8 rings (SSSR count). The van der Waals surface area contributed by atoms with E-state index in [1.165, 1.54) is 94.6 Å².